The number of nitrogens with zero attached hydrogens (tertiary/aromatic N) is 5. The first kappa shape index (κ1) is 24.7. The Balaban J connectivity index is 1.25. The van der Waals surface area contributed by atoms with Crippen LogP contribution in [0.1, 0.15) is 18.4 Å². The Kier molecular flexibility index (Phi) is 7.06. The van der Waals surface area contributed by atoms with Crippen LogP contribution in [0, 0.1) is 0 Å². The Morgan fingerprint density at radius 3 is 2.73 bits per heavy atom. The van der Waals surface area contributed by atoms with Crippen molar-refractivity contribution in [2.75, 3.05) is 31.7 Å². The quantitative estimate of drug-likeness (QED) is 0.333. The number of aromatic nitrogens is 5. The molecule has 1 fully saturated rings. The summed E-state index contributed by atoms with van der Waals surface area (Å²) in [5.41, 5.74) is 2.28. The van der Waals surface area contributed by atoms with Gasteiger partial charge in [0.15, 0.2) is 5.65 Å². The molecule has 0 spiro atoms. The van der Waals surface area contributed by atoms with Crippen molar-refractivity contribution >= 4 is 34.7 Å². The van der Waals surface area contributed by atoms with Gasteiger partial charge in [0.25, 0.3) is 0 Å². The molecule has 1 amide bonds. The molecule has 1 saturated heterocycles. The van der Waals surface area contributed by atoms with Gasteiger partial charge in [0.1, 0.15) is 27.7 Å². The van der Waals surface area contributed by atoms with Crippen LogP contribution in [0.15, 0.2) is 48.8 Å². The van der Waals surface area contributed by atoms with E-state index in [9.17, 15) is 9.90 Å². The zero-order valence-electron chi connectivity index (χ0n) is 20.1. The number of methoxy groups -OCH3 is 1. The van der Waals surface area contributed by atoms with E-state index in [1.165, 1.54) is 7.11 Å². The lowest BCUT2D eigenvalue weighted by Gasteiger charge is -2.40. The average molecular weight is 524 g/mol. The molecule has 5 rings (SSSR count). The van der Waals surface area contributed by atoms with E-state index in [2.05, 4.69) is 30.5 Å². The number of pyridine rings is 1. The Morgan fingerprint density at radius 1 is 1.22 bits per heavy atom. The van der Waals surface area contributed by atoms with Crippen molar-refractivity contribution in [1.82, 2.24) is 30.5 Å². The van der Waals surface area contributed by atoms with E-state index in [-0.39, 0.29) is 6.61 Å². The van der Waals surface area contributed by atoms with Crippen LogP contribution in [0.25, 0.3) is 22.4 Å². The molecule has 1 aromatic carbocycles. The van der Waals surface area contributed by atoms with Crippen molar-refractivity contribution in [2.45, 2.75) is 25.0 Å². The van der Waals surface area contributed by atoms with Crippen LogP contribution in [0.3, 0.4) is 0 Å². The maximum absolute atomic E-state index is 12.4. The second kappa shape index (κ2) is 10.6. The summed E-state index contributed by atoms with van der Waals surface area (Å²) in [5, 5.41) is 20.4. The number of aromatic amines is 1. The van der Waals surface area contributed by atoms with Gasteiger partial charge in [-0.05, 0) is 11.6 Å². The van der Waals surface area contributed by atoms with E-state index in [0.717, 1.165) is 5.56 Å². The fourth-order valence-electron chi connectivity index (χ4n) is 4.32. The number of carbonyl (C=O) groups excluding carboxylic acids is 1. The molecule has 0 saturated carbocycles. The van der Waals surface area contributed by atoms with Gasteiger partial charge in [-0.2, -0.15) is 5.10 Å². The van der Waals surface area contributed by atoms with E-state index < -0.39 is 11.7 Å². The van der Waals surface area contributed by atoms with Gasteiger partial charge in [0.05, 0.1) is 19.9 Å². The number of H-pyrrole nitrogens is 1. The lowest BCUT2D eigenvalue weighted by molar-refractivity contribution is -0.0460. The van der Waals surface area contributed by atoms with Crippen molar-refractivity contribution in [1.29, 1.82) is 0 Å². The highest BCUT2D eigenvalue weighted by Gasteiger charge is 2.38. The molecule has 1 aliphatic rings. The molecule has 0 radical (unpaired) electrons. The van der Waals surface area contributed by atoms with Crippen molar-refractivity contribution < 1.29 is 19.4 Å². The first-order chi connectivity index (χ1) is 18.0. The largest absolute Gasteiger partial charge is 0.480 e. The van der Waals surface area contributed by atoms with Gasteiger partial charge in [0, 0.05) is 44.2 Å². The summed E-state index contributed by atoms with van der Waals surface area (Å²) in [6.07, 6.45) is 3.61. The zero-order valence-corrected chi connectivity index (χ0v) is 20.9. The van der Waals surface area contributed by atoms with Gasteiger partial charge in [-0.25, -0.2) is 19.7 Å². The Bertz CT molecular complexity index is 1390. The van der Waals surface area contributed by atoms with Crippen LogP contribution in [0.4, 0.5) is 10.6 Å². The number of hydrogen-bond acceptors (Lipinski definition) is 9. The second-order valence-corrected chi connectivity index (χ2v) is 9.11. The number of nitrogens with one attached hydrogen (secondary N) is 2. The molecule has 4 aromatic rings. The van der Waals surface area contributed by atoms with E-state index in [1.807, 2.05) is 35.2 Å². The second-order valence-electron chi connectivity index (χ2n) is 8.74. The molecule has 0 atom stereocenters. The summed E-state index contributed by atoms with van der Waals surface area (Å²) in [6.45, 7) is 1.15. The smallest absolute Gasteiger partial charge is 0.408 e. The minimum atomic E-state index is -0.951. The van der Waals surface area contributed by atoms with Crippen LogP contribution in [0.5, 0.6) is 5.88 Å². The Morgan fingerprint density at radius 2 is 2.00 bits per heavy atom. The SMILES string of the molecule is COc1nccc(-c2n[nH]c3nc(N4CCC(CO)(OC(=O)NCc5ccccc5)CC4)cnc23)c1Cl. The van der Waals surface area contributed by atoms with Gasteiger partial charge < -0.3 is 24.8 Å². The van der Waals surface area contributed by atoms with Gasteiger partial charge in [-0.1, -0.05) is 41.9 Å². The number of amides is 1. The Hall–Kier alpha value is -3.96. The van der Waals surface area contributed by atoms with E-state index >= 15 is 0 Å². The summed E-state index contributed by atoms with van der Waals surface area (Å²) < 4.78 is 10.9. The normalized spacial score (nSPS) is 14.9. The monoisotopic (exact) mass is 523 g/mol. The van der Waals surface area contributed by atoms with Crippen LogP contribution in [-0.4, -0.2) is 68.8 Å². The fourth-order valence-corrected chi connectivity index (χ4v) is 4.60. The third kappa shape index (κ3) is 5.13. The first-order valence-corrected chi connectivity index (χ1v) is 12.2. The van der Waals surface area contributed by atoms with E-state index in [1.54, 1.807) is 18.5 Å². The molecule has 37 heavy (non-hydrogen) atoms. The summed E-state index contributed by atoms with van der Waals surface area (Å²) in [5.74, 6) is 0.956. The van der Waals surface area contributed by atoms with Gasteiger partial charge >= 0.3 is 6.09 Å². The van der Waals surface area contributed by atoms with Crippen LogP contribution in [0.2, 0.25) is 5.02 Å². The molecule has 1 aliphatic heterocycles. The third-order valence-electron chi connectivity index (χ3n) is 6.44. The Labute approximate surface area is 217 Å². The molecule has 4 heterocycles. The number of fused-ring (bicyclic) bond motifs is 1. The molecule has 0 unspecified atom stereocenters. The first-order valence-electron chi connectivity index (χ1n) is 11.8. The molecule has 0 aliphatic carbocycles. The summed E-state index contributed by atoms with van der Waals surface area (Å²) in [7, 11) is 1.50. The fraction of sp³-hybridized carbons (Fsp3) is 0.320. The number of aliphatic hydroxyl groups is 1. The third-order valence-corrected chi connectivity index (χ3v) is 6.80. The van der Waals surface area contributed by atoms with E-state index in [0.29, 0.717) is 71.6 Å². The number of alkyl carbamates (subject to hydrolysis) is 1. The molecule has 0 bridgehead atoms. The minimum absolute atomic E-state index is 0.260. The number of anilines is 1. The average Bonchev–Trinajstić information content (AvgIpc) is 3.36. The number of hydrogen-bond donors (Lipinski definition) is 3. The highest BCUT2D eigenvalue weighted by molar-refractivity contribution is 6.34. The maximum Gasteiger partial charge on any atom is 0.408 e. The number of carbonyl (C=O) groups is 1. The molecular weight excluding hydrogens is 498 g/mol. The number of halogens is 1. The van der Waals surface area contributed by atoms with Gasteiger partial charge in [0.2, 0.25) is 5.88 Å². The molecule has 192 valence electrons. The predicted molar refractivity (Wildman–Crippen MR) is 138 cm³/mol. The summed E-state index contributed by atoms with van der Waals surface area (Å²) in [4.78, 5) is 27.8. The lowest BCUT2D eigenvalue weighted by atomic mass is 9.92. The summed E-state index contributed by atoms with van der Waals surface area (Å²) in [6, 6.07) is 11.3. The highest BCUT2D eigenvalue weighted by Crippen LogP contribution is 2.35. The minimum Gasteiger partial charge on any atom is -0.480 e. The number of piperidine rings is 1. The number of aliphatic hydroxyl groups excluding tert-OH is 1. The molecule has 3 N–H and O–H groups in total. The maximum atomic E-state index is 12.4. The molecule has 3 aromatic heterocycles. The van der Waals surface area contributed by atoms with Crippen molar-refractivity contribution in [3.05, 3.63) is 59.4 Å². The van der Waals surface area contributed by atoms with Gasteiger partial charge in [-0.15, -0.1) is 0 Å². The zero-order chi connectivity index (χ0) is 25.8. The standard InChI is InChI=1S/C25H26ClN7O4/c1-36-23-19(26)17(7-10-27-23)20-21-22(32-31-20)30-18(14-28-21)33-11-8-25(15-34,9-12-33)37-24(35)29-13-16-5-3-2-4-6-16/h2-7,10,14,34H,8-9,11-13,15H2,1H3,(H,29,35)(H,30,31,32). The number of rotatable bonds is 7. The van der Waals surface area contributed by atoms with Crippen LogP contribution >= 0.6 is 11.6 Å². The number of benzene rings is 1. The van der Waals surface area contributed by atoms with Crippen molar-refractivity contribution in [3.63, 3.8) is 0 Å². The van der Waals surface area contributed by atoms with E-state index in [4.69, 9.17) is 21.1 Å². The molecule has 12 heteroatoms. The number of ether oxygens (including phenoxy) is 2. The molecule has 11 nitrogen and oxygen atoms in total. The highest BCUT2D eigenvalue weighted by atomic mass is 35.5. The molecular formula is C25H26ClN7O4. The van der Waals surface area contributed by atoms with Crippen LogP contribution in [-0.2, 0) is 11.3 Å². The van der Waals surface area contributed by atoms with Crippen molar-refractivity contribution in [3.8, 4) is 17.1 Å². The van der Waals surface area contributed by atoms with Crippen molar-refractivity contribution in [2.24, 2.45) is 0 Å². The predicted octanol–water partition coefficient (Wildman–Crippen LogP) is 3.33. The van der Waals surface area contributed by atoms with Gasteiger partial charge in [-0.3, -0.25) is 5.10 Å². The summed E-state index contributed by atoms with van der Waals surface area (Å²) >= 11 is 6.42. The topological polar surface area (TPSA) is 138 Å². The lowest BCUT2D eigenvalue weighted by Crippen LogP contribution is -2.51. The van der Waals surface area contributed by atoms with Crippen LogP contribution < -0.4 is 15.0 Å².